The smallest absolute Gasteiger partial charge is 0.179 e. The highest BCUT2D eigenvalue weighted by Gasteiger charge is 2.11. The molecule has 0 amide bonds. The monoisotopic (exact) mass is 285 g/mol. The first-order valence-electron chi connectivity index (χ1n) is 6.77. The number of hydrogen-bond acceptors (Lipinski definition) is 3. The van der Waals surface area contributed by atoms with Crippen LogP contribution in [-0.4, -0.2) is 20.3 Å². The van der Waals surface area contributed by atoms with E-state index in [9.17, 15) is 0 Å². The van der Waals surface area contributed by atoms with Crippen LogP contribution in [0.25, 0.3) is 0 Å². The summed E-state index contributed by atoms with van der Waals surface area (Å²) < 4.78 is 11.1. The van der Waals surface area contributed by atoms with Gasteiger partial charge in [0, 0.05) is 0 Å². The first-order chi connectivity index (χ1) is 9.08. The number of methoxy groups -OCH3 is 1. The van der Waals surface area contributed by atoms with Crippen LogP contribution in [0.1, 0.15) is 32.3 Å². The highest BCUT2D eigenvalue weighted by atomic mass is 35.5. The predicted octanol–water partition coefficient (Wildman–Crippen LogP) is 3.66. The van der Waals surface area contributed by atoms with Crippen LogP contribution in [0.3, 0.4) is 0 Å². The van der Waals surface area contributed by atoms with Gasteiger partial charge in [0.1, 0.15) is 0 Å². The molecular weight excluding hydrogens is 262 g/mol. The van der Waals surface area contributed by atoms with E-state index in [2.05, 4.69) is 13.8 Å². The molecule has 0 bridgehead atoms. The predicted molar refractivity (Wildman–Crippen MR) is 80.3 cm³/mol. The minimum atomic E-state index is 0.590. The number of ether oxygens (including phenoxy) is 2. The van der Waals surface area contributed by atoms with Gasteiger partial charge in [0.2, 0.25) is 0 Å². The summed E-state index contributed by atoms with van der Waals surface area (Å²) in [5, 5.41) is 0.590. The van der Waals surface area contributed by atoms with E-state index in [4.69, 9.17) is 26.8 Å². The third kappa shape index (κ3) is 5.29. The Hall–Kier alpha value is -0.930. The van der Waals surface area contributed by atoms with Gasteiger partial charge in [0.25, 0.3) is 0 Å². The van der Waals surface area contributed by atoms with Crippen molar-refractivity contribution >= 4 is 11.6 Å². The number of hydrogen-bond donors (Lipinski definition) is 1. The molecule has 0 aliphatic heterocycles. The molecule has 1 aromatic rings. The molecule has 0 atom stereocenters. The van der Waals surface area contributed by atoms with Crippen LogP contribution in [0.2, 0.25) is 5.02 Å². The van der Waals surface area contributed by atoms with Crippen LogP contribution in [0, 0.1) is 5.92 Å². The summed E-state index contributed by atoms with van der Waals surface area (Å²) >= 11 is 6.24. The molecule has 0 aliphatic rings. The van der Waals surface area contributed by atoms with Gasteiger partial charge >= 0.3 is 0 Å². The Kier molecular flexibility index (Phi) is 7.03. The van der Waals surface area contributed by atoms with E-state index in [1.54, 1.807) is 7.11 Å². The van der Waals surface area contributed by atoms with E-state index in [0.29, 0.717) is 35.6 Å². The lowest BCUT2D eigenvalue weighted by Gasteiger charge is -2.14. The Morgan fingerprint density at radius 1 is 1.32 bits per heavy atom. The average molecular weight is 286 g/mol. The van der Waals surface area contributed by atoms with Crippen LogP contribution in [0.15, 0.2) is 12.1 Å². The van der Waals surface area contributed by atoms with Crippen molar-refractivity contribution in [1.29, 1.82) is 0 Å². The van der Waals surface area contributed by atoms with Crippen molar-refractivity contribution in [3.05, 3.63) is 22.7 Å². The average Bonchev–Trinajstić information content (AvgIpc) is 2.36. The van der Waals surface area contributed by atoms with E-state index in [-0.39, 0.29) is 0 Å². The molecule has 0 unspecified atom stereocenters. The number of halogens is 1. The number of rotatable bonds is 8. The van der Waals surface area contributed by atoms with Crippen molar-refractivity contribution in [2.24, 2.45) is 11.7 Å². The number of benzene rings is 1. The molecule has 1 rings (SSSR count). The van der Waals surface area contributed by atoms with Crippen LogP contribution < -0.4 is 15.2 Å². The van der Waals surface area contributed by atoms with Crippen molar-refractivity contribution in [2.45, 2.75) is 33.1 Å². The van der Waals surface area contributed by atoms with Gasteiger partial charge < -0.3 is 15.2 Å². The molecule has 0 aliphatic carbocycles. The van der Waals surface area contributed by atoms with E-state index in [1.807, 2.05) is 12.1 Å². The maximum atomic E-state index is 6.24. The van der Waals surface area contributed by atoms with Gasteiger partial charge in [-0.15, -0.1) is 0 Å². The second-order valence-electron chi connectivity index (χ2n) is 5.03. The third-order valence-electron chi connectivity index (χ3n) is 2.89. The van der Waals surface area contributed by atoms with Crippen molar-refractivity contribution in [2.75, 3.05) is 20.3 Å². The Labute approximate surface area is 121 Å². The van der Waals surface area contributed by atoms with Gasteiger partial charge in [-0.1, -0.05) is 25.4 Å². The normalized spacial score (nSPS) is 10.8. The minimum absolute atomic E-state index is 0.590. The summed E-state index contributed by atoms with van der Waals surface area (Å²) in [5.41, 5.74) is 6.62. The highest BCUT2D eigenvalue weighted by Crippen LogP contribution is 2.36. The van der Waals surface area contributed by atoms with E-state index in [0.717, 1.165) is 24.8 Å². The summed E-state index contributed by atoms with van der Waals surface area (Å²) in [6.07, 6.45) is 2.94. The largest absolute Gasteiger partial charge is 0.493 e. The molecule has 1 aromatic carbocycles. The zero-order valence-electron chi connectivity index (χ0n) is 12.0. The molecule has 0 heterocycles. The molecule has 0 spiro atoms. The highest BCUT2D eigenvalue weighted by molar-refractivity contribution is 6.32. The molecule has 0 saturated heterocycles. The Balaban J connectivity index is 2.70. The summed E-state index contributed by atoms with van der Waals surface area (Å²) in [7, 11) is 1.62. The van der Waals surface area contributed by atoms with Gasteiger partial charge in [0.15, 0.2) is 11.5 Å². The summed E-state index contributed by atoms with van der Waals surface area (Å²) in [5.74, 6) is 2.00. The Bertz CT molecular complexity index is 394. The van der Waals surface area contributed by atoms with Crippen molar-refractivity contribution in [3.8, 4) is 11.5 Å². The molecule has 19 heavy (non-hydrogen) atoms. The van der Waals surface area contributed by atoms with Gasteiger partial charge in [-0.25, -0.2) is 0 Å². The summed E-state index contributed by atoms with van der Waals surface area (Å²) in [4.78, 5) is 0. The fourth-order valence-electron chi connectivity index (χ4n) is 1.89. The standard InChI is InChI=1S/C15H24ClNO2/c1-11(2)5-4-8-19-15-13(16)9-12(6-7-17)10-14(15)18-3/h9-11H,4-8,17H2,1-3H3. The maximum Gasteiger partial charge on any atom is 0.179 e. The fourth-order valence-corrected chi connectivity index (χ4v) is 2.18. The van der Waals surface area contributed by atoms with Gasteiger partial charge in [-0.05, 0) is 49.4 Å². The maximum absolute atomic E-state index is 6.24. The lowest BCUT2D eigenvalue weighted by Crippen LogP contribution is -2.05. The summed E-state index contributed by atoms with van der Waals surface area (Å²) in [6, 6.07) is 3.84. The van der Waals surface area contributed by atoms with Crippen LogP contribution in [0.5, 0.6) is 11.5 Å². The molecule has 0 radical (unpaired) electrons. The lowest BCUT2D eigenvalue weighted by molar-refractivity contribution is 0.280. The minimum Gasteiger partial charge on any atom is -0.493 e. The Morgan fingerprint density at radius 3 is 2.63 bits per heavy atom. The second-order valence-corrected chi connectivity index (χ2v) is 5.44. The quantitative estimate of drug-likeness (QED) is 0.741. The van der Waals surface area contributed by atoms with Crippen LogP contribution >= 0.6 is 11.6 Å². The third-order valence-corrected chi connectivity index (χ3v) is 3.18. The van der Waals surface area contributed by atoms with E-state index in [1.165, 1.54) is 0 Å². The first-order valence-corrected chi connectivity index (χ1v) is 7.15. The van der Waals surface area contributed by atoms with Crippen molar-refractivity contribution in [3.63, 3.8) is 0 Å². The van der Waals surface area contributed by atoms with Crippen LogP contribution in [0.4, 0.5) is 0 Å². The molecule has 108 valence electrons. The molecule has 3 nitrogen and oxygen atoms in total. The van der Waals surface area contributed by atoms with E-state index < -0.39 is 0 Å². The molecule has 2 N–H and O–H groups in total. The first kappa shape index (κ1) is 16.1. The zero-order chi connectivity index (χ0) is 14.3. The van der Waals surface area contributed by atoms with Gasteiger partial charge in [-0.2, -0.15) is 0 Å². The zero-order valence-corrected chi connectivity index (χ0v) is 12.8. The second kappa shape index (κ2) is 8.28. The molecular formula is C15H24ClNO2. The molecule has 0 fully saturated rings. The molecule has 0 aromatic heterocycles. The van der Waals surface area contributed by atoms with Crippen molar-refractivity contribution in [1.82, 2.24) is 0 Å². The molecule has 0 saturated carbocycles. The van der Waals surface area contributed by atoms with Crippen LogP contribution in [-0.2, 0) is 6.42 Å². The fraction of sp³-hybridized carbons (Fsp3) is 0.600. The van der Waals surface area contributed by atoms with E-state index >= 15 is 0 Å². The summed E-state index contributed by atoms with van der Waals surface area (Å²) in [6.45, 7) is 5.66. The topological polar surface area (TPSA) is 44.5 Å². The SMILES string of the molecule is COc1cc(CCN)cc(Cl)c1OCCCC(C)C. The van der Waals surface area contributed by atoms with Crippen molar-refractivity contribution < 1.29 is 9.47 Å². The van der Waals surface area contributed by atoms with Gasteiger partial charge in [-0.3, -0.25) is 0 Å². The molecule has 4 heteroatoms. The van der Waals surface area contributed by atoms with Gasteiger partial charge in [0.05, 0.1) is 18.7 Å². The Morgan fingerprint density at radius 2 is 2.05 bits per heavy atom. The number of nitrogens with two attached hydrogens (primary N) is 1. The lowest BCUT2D eigenvalue weighted by atomic mass is 10.1.